The molecule has 0 saturated heterocycles. The Hall–Kier alpha value is -2.08. The zero-order valence-corrected chi connectivity index (χ0v) is 18.4. The first-order chi connectivity index (χ1) is 12.9. The number of aromatic hydroxyl groups is 1. The zero-order valence-electron chi connectivity index (χ0n) is 17.5. The number of thiazole rings is 1. The van der Waals surface area contributed by atoms with Crippen LogP contribution >= 0.6 is 11.3 Å². The van der Waals surface area contributed by atoms with Gasteiger partial charge in [0.2, 0.25) is 0 Å². The molecule has 0 amide bonds. The first-order valence-corrected chi connectivity index (χ1v) is 10.6. The number of aromatic carboxylic acids is 1. The van der Waals surface area contributed by atoms with E-state index in [1.165, 1.54) is 22.7 Å². The molecule has 2 aromatic rings. The normalized spacial score (nSPS) is 17.4. The molecule has 6 heteroatoms. The minimum absolute atomic E-state index is 0.0401. The summed E-state index contributed by atoms with van der Waals surface area (Å²) in [6, 6.07) is 4.74. The van der Waals surface area contributed by atoms with Gasteiger partial charge in [0, 0.05) is 34.0 Å². The van der Waals surface area contributed by atoms with Crippen molar-refractivity contribution >= 4 is 28.1 Å². The maximum atomic E-state index is 11.2. The van der Waals surface area contributed by atoms with Gasteiger partial charge in [-0.05, 0) is 30.9 Å². The number of rotatable bonds is 5. The molecule has 0 unspecified atom stereocenters. The average molecular weight is 403 g/mol. The topological polar surface area (TPSA) is 73.7 Å². The van der Waals surface area contributed by atoms with Gasteiger partial charge in [0.15, 0.2) is 5.13 Å². The van der Waals surface area contributed by atoms with Crippen molar-refractivity contribution in [3.05, 3.63) is 34.3 Å². The fraction of sp³-hybridized carbons (Fsp3) is 0.545. The lowest BCUT2D eigenvalue weighted by atomic mass is 9.69. The molecule has 0 fully saturated rings. The van der Waals surface area contributed by atoms with Gasteiger partial charge in [-0.25, -0.2) is 9.78 Å². The molecule has 3 rings (SSSR count). The summed E-state index contributed by atoms with van der Waals surface area (Å²) in [4.78, 5) is 19.7. The van der Waals surface area contributed by atoms with Crippen molar-refractivity contribution in [3.63, 3.8) is 0 Å². The lowest BCUT2D eigenvalue weighted by molar-refractivity contribution is 0.0694. The number of fused-ring (bicyclic) bond motifs is 1. The summed E-state index contributed by atoms with van der Waals surface area (Å²) in [5.74, 6) is -0.975. The fourth-order valence-electron chi connectivity index (χ4n) is 3.73. The second kappa shape index (κ2) is 7.07. The lowest BCUT2D eigenvalue weighted by Gasteiger charge is -2.37. The summed E-state index contributed by atoms with van der Waals surface area (Å²) in [6.07, 6.45) is 2.24. The molecule has 1 aliphatic carbocycles. The van der Waals surface area contributed by atoms with Crippen LogP contribution in [0.2, 0.25) is 0 Å². The van der Waals surface area contributed by atoms with Gasteiger partial charge in [0.25, 0.3) is 0 Å². The largest absolute Gasteiger partial charge is 0.507 e. The molecule has 0 radical (unpaired) electrons. The first kappa shape index (κ1) is 20.6. The predicted molar refractivity (Wildman–Crippen MR) is 114 cm³/mol. The number of anilines is 2. The summed E-state index contributed by atoms with van der Waals surface area (Å²) in [5, 5.41) is 20.3. The molecule has 1 heterocycles. The minimum Gasteiger partial charge on any atom is -0.507 e. The Bertz CT molecular complexity index is 866. The van der Waals surface area contributed by atoms with Crippen LogP contribution in [0.25, 0.3) is 0 Å². The van der Waals surface area contributed by atoms with E-state index in [4.69, 9.17) is 4.98 Å². The summed E-state index contributed by atoms with van der Waals surface area (Å²) < 4.78 is 0. The van der Waals surface area contributed by atoms with Crippen molar-refractivity contribution < 1.29 is 15.0 Å². The second-order valence-electron chi connectivity index (χ2n) is 9.45. The third kappa shape index (κ3) is 3.75. The van der Waals surface area contributed by atoms with Gasteiger partial charge in [-0.3, -0.25) is 0 Å². The summed E-state index contributed by atoms with van der Waals surface area (Å²) >= 11 is 1.72. The highest BCUT2D eigenvalue weighted by Gasteiger charge is 2.41. The van der Waals surface area contributed by atoms with E-state index in [0.717, 1.165) is 30.2 Å². The minimum atomic E-state index is -1.13. The number of phenols is 1. The summed E-state index contributed by atoms with van der Waals surface area (Å²) in [6.45, 7) is 14.1. The van der Waals surface area contributed by atoms with E-state index < -0.39 is 5.97 Å². The third-order valence-electron chi connectivity index (χ3n) is 5.55. The Morgan fingerprint density at radius 2 is 1.86 bits per heavy atom. The number of hydrogen-bond acceptors (Lipinski definition) is 5. The van der Waals surface area contributed by atoms with E-state index in [1.807, 2.05) is 0 Å². The number of carboxylic acid groups (broad SMARTS) is 1. The van der Waals surface area contributed by atoms with Gasteiger partial charge in [-0.2, -0.15) is 0 Å². The van der Waals surface area contributed by atoms with Gasteiger partial charge in [0.1, 0.15) is 11.3 Å². The highest BCUT2D eigenvalue weighted by Crippen LogP contribution is 2.50. The molecule has 1 aromatic heterocycles. The quantitative estimate of drug-likeness (QED) is 0.672. The first-order valence-electron chi connectivity index (χ1n) is 9.78. The third-order valence-corrected chi connectivity index (χ3v) is 6.99. The molecule has 1 aliphatic rings. The van der Waals surface area contributed by atoms with Gasteiger partial charge >= 0.3 is 5.97 Å². The van der Waals surface area contributed by atoms with Crippen molar-refractivity contribution in [3.8, 4) is 5.75 Å². The van der Waals surface area contributed by atoms with Crippen LogP contribution in [0.4, 0.5) is 10.8 Å². The highest BCUT2D eigenvalue weighted by atomic mass is 32.1. The Balaban J connectivity index is 2.11. The number of nitrogens with zero attached hydrogens (tertiary/aromatic N) is 2. The lowest BCUT2D eigenvalue weighted by Crippen LogP contribution is -2.32. The number of aromatic nitrogens is 1. The van der Waals surface area contributed by atoms with Crippen LogP contribution in [0, 0.1) is 5.92 Å². The Labute approximate surface area is 171 Å². The van der Waals surface area contributed by atoms with E-state index in [-0.39, 0.29) is 22.1 Å². The van der Waals surface area contributed by atoms with Crippen molar-refractivity contribution in [2.24, 2.45) is 5.92 Å². The second-order valence-corrected chi connectivity index (χ2v) is 10.4. The number of benzene rings is 1. The van der Waals surface area contributed by atoms with Crippen LogP contribution in [-0.4, -0.2) is 27.7 Å². The van der Waals surface area contributed by atoms with Crippen LogP contribution in [0.3, 0.4) is 0 Å². The maximum Gasteiger partial charge on any atom is 0.339 e. The van der Waals surface area contributed by atoms with Crippen molar-refractivity contribution in [1.29, 1.82) is 0 Å². The molecular weight excluding hydrogens is 372 g/mol. The van der Waals surface area contributed by atoms with E-state index in [2.05, 4.69) is 46.4 Å². The summed E-state index contributed by atoms with van der Waals surface area (Å²) in [7, 11) is 0. The van der Waals surface area contributed by atoms with Crippen LogP contribution in [0.5, 0.6) is 5.75 Å². The number of carbonyl (C=O) groups is 1. The standard InChI is InChI=1S/C22H30N2O3S/c1-13(2)12-24(14-7-8-15(19(26)27)16(25)11-14)20-23-17-18(28-20)22(5,6)10-9-21(17,3)4/h7-8,11,13,25H,9-10,12H2,1-6H3,(H,26,27). The van der Waals surface area contributed by atoms with Crippen LogP contribution in [0.15, 0.2) is 18.2 Å². The average Bonchev–Trinajstić information content (AvgIpc) is 3.04. The van der Waals surface area contributed by atoms with Crippen molar-refractivity contribution in [2.75, 3.05) is 11.4 Å². The molecular formula is C22H30N2O3S. The van der Waals surface area contributed by atoms with Crippen LogP contribution in [0.1, 0.15) is 75.3 Å². The van der Waals surface area contributed by atoms with Crippen molar-refractivity contribution in [2.45, 2.75) is 65.2 Å². The van der Waals surface area contributed by atoms with Gasteiger partial charge in [0.05, 0.1) is 5.69 Å². The molecule has 0 saturated carbocycles. The number of hydrogen-bond donors (Lipinski definition) is 2. The summed E-state index contributed by atoms with van der Waals surface area (Å²) in [5.41, 5.74) is 1.98. The molecule has 0 atom stereocenters. The smallest absolute Gasteiger partial charge is 0.339 e. The molecule has 5 nitrogen and oxygen atoms in total. The molecule has 2 N–H and O–H groups in total. The molecule has 28 heavy (non-hydrogen) atoms. The molecule has 0 aliphatic heterocycles. The Morgan fingerprint density at radius 1 is 1.21 bits per heavy atom. The monoisotopic (exact) mass is 402 g/mol. The predicted octanol–water partition coefficient (Wildman–Crippen LogP) is 5.69. The van der Waals surface area contributed by atoms with Crippen molar-refractivity contribution in [1.82, 2.24) is 4.98 Å². The molecule has 1 aromatic carbocycles. The molecule has 152 valence electrons. The molecule has 0 spiro atoms. The van der Waals surface area contributed by atoms with E-state index in [9.17, 15) is 15.0 Å². The number of carboxylic acids is 1. The van der Waals surface area contributed by atoms with E-state index >= 15 is 0 Å². The fourth-order valence-corrected chi connectivity index (χ4v) is 5.13. The van der Waals surface area contributed by atoms with Crippen LogP contribution in [-0.2, 0) is 10.8 Å². The van der Waals surface area contributed by atoms with E-state index in [0.29, 0.717) is 5.92 Å². The van der Waals surface area contributed by atoms with Gasteiger partial charge < -0.3 is 15.1 Å². The SMILES string of the molecule is CC(C)CN(c1ccc(C(=O)O)c(O)c1)c1nc2c(s1)C(C)(C)CCC2(C)C. The van der Waals surface area contributed by atoms with Gasteiger partial charge in [-0.15, -0.1) is 11.3 Å². The highest BCUT2D eigenvalue weighted by molar-refractivity contribution is 7.16. The Kier molecular flexibility index (Phi) is 5.21. The zero-order chi connectivity index (χ0) is 20.9. The van der Waals surface area contributed by atoms with E-state index in [1.54, 1.807) is 17.4 Å². The van der Waals surface area contributed by atoms with Crippen LogP contribution < -0.4 is 4.90 Å². The van der Waals surface area contributed by atoms with Gasteiger partial charge in [-0.1, -0.05) is 41.5 Å². The Morgan fingerprint density at radius 3 is 2.39 bits per heavy atom. The molecule has 0 bridgehead atoms. The maximum absolute atomic E-state index is 11.2.